The van der Waals surface area contributed by atoms with Gasteiger partial charge in [-0.2, -0.15) is 0 Å². The van der Waals surface area contributed by atoms with Crippen LogP contribution in [-0.2, 0) is 14.6 Å². The zero-order valence-corrected chi connectivity index (χ0v) is 16.0. The number of esters is 1. The first-order valence-electron chi connectivity index (χ1n) is 8.86. The summed E-state index contributed by atoms with van der Waals surface area (Å²) in [7, 11) is -3.90. The SMILES string of the molecule is O=C(OCCOc1ccccc1)c1ccc2c(c1)S(=O)(=O)c1ccccc1C2=O. The molecule has 3 aromatic carbocycles. The van der Waals surface area contributed by atoms with Crippen LogP contribution in [0, 0.1) is 0 Å². The van der Waals surface area contributed by atoms with Gasteiger partial charge in [-0.3, -0.25) is 4.79 Å². The fourth-order valence-electron chi connectivity index (χ4n) is 3.11. The van der Waals surface area contributed by atoms with Crippen LogP contribution in [0.5, 0.6) is 5.75 Å². The number of carbonyl (C=O) groups is 2. The predicted molar refractivity (Wildman–Crippen MR) is 104 cm³/mol. The Labute approximate surface area is 167 Å². The Hall–Kier alpha value is -3.45. The lowest BCUT2D eigenvalue weighted by Gasteiger charge is -2.19. The van der Waals surface area contributed by atoms with E-state index in [1.807, 2.05) is 18.2 Å². The highest BCUT2D eigenvalue weighted by atomic mass is 32.2. The number of rotatable bonds is 5. The second-order valence-electron chi connectivity index (χ2n) is 6.34. The first kappa shape index (κ1) is 18.9. The van der Waals surface area contributed by atoms with E-state index in [4.69, 9.17) is 9.47 Å². The van der Waals surface area contributed by atoms with Crippen LogP contribution in [0.15, 0.2) is 82.6 Å². The third-order valence-electron chi connectivity index (χ3n) is 4.50. The summed E-state index contributed by atoms with van der Waals surface area (Å²) >= 11 is 0. The summed E-state index contributed by atoms with van der Waals surface area (Å²) in [5, 5.41) is 0. The molecule has 0 unspecified atom stereocenters. The van der Waals surface area contributed by atoms with Crippen molar-refractivity contribution in [1.29, 1.82) is 0 Å². The number of sulfone groups is 1. The van der Waals surface area contributed by atoms with Gasteiger partial charge in [-0.1, -0.05) is 30.3 Å². The van der Waals surface area contributed by atoms with Gasteiger partial charge in [0, 0.05) is 11.1 Å². The molecule has 0 saturated carbocycles. The maximum atomic E-state index is 12.9. The molecule has 146 valence electrons. The number of fused-ring (bicyclic) bond motifs is 2. The zero-order valence-electron chi connectivity index (χ0n) is 15.2. The van der Waals surface area contributed by atoms with E-state index in [1.54, 1.807) is 24.3 Å². The minimum atomic E-state index is -3.90. The number of para-hydroxylation sites is 1. The molecule has 0 N–H and O–H groups in total. The van der Waals surface area contributed by atoms with Gasteiger partial charge in [0.2, 0.25) is 9.84 Å². The lowest BCUT2D eigenvalue weighted by molar-refractivity contribution is 0.0450. The van der Waals surface area contributed by atoms with Crippen LogP contribution in [0.25, 0.3) is 0 Å². The van der Waals surface area contributed by atoms with Crippen LogP contribution in [0.4, 0.5) is 0 Å². The van der Waals surface area contributed by atoms with Gasteiger partial charge in [0.25, 0.3) is 0 Å². The Morgan fingerprint density at radius 1 is 0.793 bits per heavy atom. The number of hydrogen-bond donors (Lipinski definition) is 0. The van der Waals surface area contributed by atoms with Crippen molar-refractivity contribution in [3.05, 3.63) is 89.5 Å². The average Bonchev–Trinajstić information content (AvgIpc) is 2.75. The fourth-order valence-corrected chi connectivity index (χ4v) is 4.78. The number of hydrogen-bond acceptors (Lipinski definition) is 6. The molecular formula is C22H16O6S. The summed E-state index contributed by atoms with van der Waals surface area (Å²) in [5.41, 5.74) is 0.236. The minimum absolute atomic E-state index is 0.000668. The summed E-state index contributed by atoms with van der Waals surface area (Å²) in [5.74, 6) is -0.423. The summed E-state index contributed by atoms with van der Waals surface area (Å²) in [6, 6.07) is 19.0. The molecule has 0 fully saturated rings. The highest BCUT2D eigenvalue weighted by Crippen LogP contribution is 2.34. The predicted octanol–water partition coefficient (Wildman–Crippen LogP) is 3.30. The number of benzene rings is 3. The first-order chi connectivity index (χ1) is 14.0. The largest absolute Gasteiger partial charge is 0.490 e. The summed E-state index contributed by atoms with van der Waals surface area (Å²) in [6.45, 7) is 0.157. The highest BCUT2D eigenvalue weighted by Gasteiger charge is 2.35. The van der Waals surface area contributed by atoms with E-state index >= 15 is 0 Å². The molecule has 0 saturated heterocycles. The van der Waals surface area contributed by atoms with Crippen molar-refractivity contribution in [2.45, 2.75) is 9.79 Å². The number of ketones is 1. The molecule has 1 aliphatic rings. The van der Waals surface area contributed by atoms with Crippen molar-refractivity contribution < 1.29 is 27.5 Å². The summed E-state index contributed by atoms with van der Waals surface area (Å²) in [4.78, 5) is 24.7. The quantitative estimate of drug-likeness (QED) is 0.372. The maximum Gasteiger partial charge on any atom is 0.338 e. The maximum absolute atomic E-state index is 12.9. The Morgan fingerprint density at radius 2 is 1.48 bits per heavy atom. The van der Waals surface area contributed by atoms with Crippen molar-refractivity contribution in [2.24, 2.45) is 0 Å². The molecule has 0 spiro atoms. The third kappa shape index (κ3) is 3.52. The molecule has 29 heavy (non-hydrogen) atoms. The van der Waals surface area contributed by atoms with E-state index in [-0.39, 0.29) is 45.5 Å². The van der Waals surface area contributed by atoms with Crippen LogP contribution < -0.4 is 4.74 Å². The van der Waals surface area contributed by atoms with E-state index in [0.717, 1.165) is 0 Å². The first-order valence-corrected chi connectivity index (χ1v) is 10.3. The number of ether oxygens (including phenoxy) is 2. The standard InChI is InChI=1S/C22H16O6S/c23-21-17-8-4-5-9-19(17)29(25,26)20-14-15(10-11-18(20)21)22(24)28-13-12-27-16-6-2-1-3-7-16/h1-11,14H,12-13H2. The van der Waals surface area contributed by atoms with Gasteiger partial charge in [-0.05, 0) is 42.5 Å². The molecule has 3 aromatic rings. The lowest BCUT2D eigenvalue weighted by Crippen LogP contribution is -2.21. The van der Waals surface area contributed by atoms with Crippen molar-refractivity contribution in [3.63, 3.8) is 0 Å². The molecule has 0 radical (unpaired) electrons. The minimum Gasteiger partial charge on any atom is -0.490 e. The second-order valence-corrected chi connectivity index (χ2v) is 8.22. The molecule has 6 nitrogen and oxygen atoms in total. The van der Waals surface area contributed by atoms with Crippen molar-refractivity contribution in [1.82, 2.24) is 0 Å². The van der Waals surface area contributed by atoms with E-state index in [9.17, 15) is 18.0 Å². The zero-order chi connectivity index (χ0) is 20.4. The van der Waals surface area contributed by atoms with Crippen LogP contribution in [-0.4, -0.2) is 33.4 Å². The van der Waals surface area contributed by atoms with Gasteiger partial charge in [0.05, 0.1) is 15.4 Å². The van der Waals surface area contributed by atoms with E-state index < -0.39 is 15.8 Å². The van der Waals surface area contributed by atoms with Crippen molar-refractivity contribution in [3.8, 4) is 5.75 Å². The Morgan fingerprint density at radius 3 is 2.28 bits per heavy atom. The van der Waals surface area contributed by atoms with E-state index in [0.29, 0.717) is 5.75 Å². The molecule has 7 heteroatoms. The fraction of sp³-hybridized carbons (Fsp3) is 0.0909. The molecule has 4 rings (SSSR count). The Bertz CT molecular complexity index is 1200. The highest BCUT2D eigenvalue weighted by molar-refractivity contribution is 7.91. The van der Waals surface area contributed by atoms with E-state index in [1.165, 1.54) is 30.3 Å². The Balaban J connectivity index is 1.51. The molecule has 0 aliphatic carbocycles. The van der Waals surface area contributed by atoms with Gasteiger partial charge in [0.15, 0.2) is 5.78 Å². The van der Waals surface area contributed by atoms with Gasteiger partial charge in [-0.25, -0.2) is 13.2 Å². The molecule has 0 amide bonds. The Kier molecular flexibility index (Phi) is 4.90. The molecule has 0 aromatic heterocycles. The van der Waals surface area contributed by atoms with Crippen LogP contribution in [0.1, 0.15) is 26.3 Å². The normalized spacial score (nSPS) is 13.9. The molecule has 1 heterocycles. The molecule has 1 aliphatic heterocycles. The molecule has 0 atom stereocenters. The van der Waals surface area contributed by atoms with Crippen molar-refractivity contribution >= 4 is 21.6 Å². The average molecular weight is 408 g/mol. The molecular weight excluding hydrogens is 392 g/mol. The smallest absolute Gasteiger partial charge is 0.338 e. The second kappa shape index (κ2) is 7.52. The number of carbonyl (C=O) groups excluding carboxylic acids is 2. The molecule has 0 bridgehead atoms. The lowest BCUT2D eigenvalue weighted by atomic mass is 10.0. The van der Waals surface area contributed by atoms with Gasteiger partial charge in [-0.15, -0.1) is 0 Å². The topological polar surface area (TPSA) is 86.7 Å². The summed E-state index contributed by atoms with van der Waals surface area (Å²) in [6.07, 6.45) is 0. The van der Waals surface area contributed by atoms with E-state index in [2.05, 4.69) is 0 Å². The van der Waals surface area contributed by atoms with Crippen molar-refractivity contribution in [2.75, 3.05) is 13.2 Å². The van der Waals surface area contributed by atoms with Gasteiger partial charge >= 0.3 is 5.97 Å². The van der Waals surface area contributed by atoms with Crippen LogP contribution in [0.2, 0.25) is 0 Å². The van der Waals surface area contributed by atoms with Gasteiger partial charge < -0.3 is 9.47 Å². The van der Waals surface area contributed by atoms with Gasteiger partial charge in [0.1, 0.15) is 19.0 Å². The monoisotopic (exact) mass is 408 g/mol. The summed E-state index contributed by atoms with van der Waals surface area (Å²) < 4.78 is 36.4. The van der Waals surface area contributed by atoms with Crippen LogP contribution in [0.3, 0.4) is 0 Å². The van der Waals surface area contributed by atoms with Crippen LogP contribution >= 0.6 is 0 Å². The third-order valence-corrected chi connectivity index (χ3v) is 6.35.